The monoisotopic (exact) mass is 764 g/mol. The van der Waals surface area contributed by atoms with Crippen LogP contribution in [0, 0.1) is 79.2 Å². The second-order valence-electron chi connectivity index (χ2n) is 20.0. The molecule has 0 aliphatic rings. The molecule has 0 saturated carbocycles. The number of aryl methyl sites for hydroxylation is 9. The zero-order valence-corrected chi connectivity index (χ0v) is 41.2. The molecule has 3 aromatic rings. The standard InChI is InChI=1S/C47H72OSi4/c1-32-24-35(4)42(36(5)25-32)22-23-52(50(16,17)18,51(19,20)21)31-41(44-37(6)26-33(2)27-38(44)7)30-43(45-39(8)28-34(3)29-40(45)9)46(47(10,11)12)48-49(13,14)15/h24-29,31H,30H2,1-21H3/b41-31+,46-43-. The van der Waals surface area contributed by atoms with Crippen LogP contribution in [0.1, 0.15) is 94.0 Å². The molecular weight excluding hydrogens is 693 g/mol. The zero-order valence-electron chi connectivity index (χ0n) is 37.2. The molecule has 3 aromatic carbocycles. The van der Waals surface area contributed by atoms with Gasteiger partial charge in [-0.25, -0.2) is 0 Å². The second-order valence-corrected chi connectivity index (χ2v) is 50.8. The summed E-state index contributed by atoms with van der Waals surface area (Å²) in [6.07, 6.45) is 0.820. The molecule has 0 fully saturated rings. The molecule has 0 atom stereocenters. The van der Waals surface area contributed by atoms with E-state index in [1.54, 1.807) is 0 Å². The Bertz CT molecular complexity index is 1870. The van der Waals surface area contributed by atoms with Crippen molar-refractivity contribution in [2.45, 2.75) is 148 Å². The van der Waals surface area contributed by atoms with Gasteiger partial charge in [-0.15, -0.1) is 5.54 Å². The topological polar surface area (TPSA) is 9.23 Å². The molecule has 0 bridgehead atoms. The molecule has 3 rings (SSSR count). The third-order valence-corrected chi connectivity index (χ3v) is 46.7. The lowest BCUT2D eigenvalue weighted by Gasteiger charge is -2.45. The average Bonchev–Trinajstić information content (AvgIpc) is 2.90. The lowest BCUT2D eigenvalue weighted by atomic mass is 9.81. The third-order valence-electron chi connectivity index (χ3n) is 10.5. The summed E-state index contributed by atoms with van der Waals surface area (Å²) in [6, 6.07) is 14.1. The molecule has 0 aliphatic carbocycles. The van der Waals surface area contributed by atoms with E-state index >= 15 is 0 Å². The van der Waals surface area contributed by atoms with Crippen molar-refractivity contribution >= 4 is 41.8 Å². The predicted octanol–water partition coefficient (Wildman–Crippen LogP) is 14.0. The van der Waals surface area contributed by atoms with E-state index in [-0.39, 0.29) is 5.41 Å². The van der Waals surface area contributed by atoms with Gasteiger partial charge in [0.1, 0.15) is 7.11 Å². The Hall–Kier alpha value is -2.63. The summed E-state index contributed by atoms with van der Waals surface area (Å²) in [6.45, 7) is 50.1. The maximum absolute atomic E-state index is 7.27. The van der Waals surface area contributed by atoms with Crippen molar-refractivity contribution in [1.82, 2.24) is 0 Å². The van der Waals surface area contributed by atoms with Crippen LogP contribution in [-0.4, -0.2) is 30.6 Å². The first kappa shape index (κ1) is 43.8. The molecule has 0 aliphatic heterocycles. The van der Waals surface area contributed by atoms with Crippen LogP contribution in [-0.2, 0) is 4.43 Å². The number of hydrogen-bond acceptors (Lipinski definition) is 1. The SMILES string of the molecule is Cc1cc(C)c(C#C[Si](/C=C(\C/C(=C(/O[Si](C)(C)C)C(C)(C)C)c2c(C)cc(C)cc2C)c2c(C)cc(C)cc2C)([Si](C)(C)C)[Si](C)(C)C)c(C)c1. The van der Waals surface area contributed by atoms with Gasteiger partial charge in [0, 0.05) is 23.0 Å². The maximum Gasteiger partial charge on any atom is 0.241 e. The molecule has 0 heterocycles. The molecule has 282 valence electrons. The normalized spacial score (nSPS) is 13.8. The van der Waals surface area contributed by atoms with E-state index in [0.29, 0.717) is 0 Å². The summed E-state index contributed by atoms with van der Waals surface area (Å²) in [5.41, 5.74) is 25.7. The van der Waals surface area contributed by atoms with E-state index in [2.05, 4.69) is 196 Å². The highest BCUT2D eigenvalue weighted by Gasteiger charge is 2.53. The molecular formula is C47H72OSi4. The Kier molecular flexibility index (Phi) is 13.1. The second kappa shape index (κ2) is 15.6. The highest BCUT2D eigenvalue weighted by molar-refractivity contribution is 7.73. The van der Waals surface area contributed by atoms with Gasteiger partial charge in [0.2, 0.25) is 8.32 Å². The number of allylic oxidation sites excluding steroid dienone is 3. The van der Waals surface area contributed by atoms with Gasteiger partial charge in [-0.1, -0.05) is 125 Å². The Morgan fingerprint density at radius 1 is 0.577 bits per heavy atom. The molecule has 0 unspecified atom stereocenters. The summed E-state index contributed by atoms with van der Waals surface area (Å²) in [7, 11) is -8.09. The number of benzene rings is 3. The highest BCUT2D eigenvalue weighted by atomic mass is 29.6. The fourth-order valence-corrected chi connectivity index (χ4v) is 48.1. The Morgan fingerprint density at radius 2 is 0.942 bits per heavy atom. The quantitative estimate of drug-likeness (QED) is 0.120. The van der Waals surface area contributed by atoms with Gasteiger partial charge >= 0.3 is 0 Å². The van der Waals surface area contributed by atoms with Crippen molar-refractivity contribution < 1.29 is 4.43 Å². The third kappa shape index (κ3) is 9.91. The van der Waals surface area contributed by atoms with Gasteiger partial charge in [0.05, 0.1) is 20.9 Å². The minimum Gasteiger partial charge on any atom is -0.547 e. The van der Waals surface area contributed by atoms with E-state index in [1.165, 1.54) is 77.9 Å². The molecule has 52 heavy (non-hydrogen) atoms. The van der Waals surface area contributed by atoms with Crippen LogP contribution in [0.2, 0.25) is 58.9 Å². The van der Waals surface area contributed by atoms with E-state index < -0.39 is 30.6 Å². The van der Waals surface area contributed by atoms with Gasteiger partial charge in [0.15, 0.2) is 0 Å². The predicted molar refractivity (Wildman–Crippen MR) is 245 cm³/mol. The van der Waals surface area contributed by atoms with E-state index in [1.807, 2.05) is 0 Å². The molecule has 0 radical (unpaired) electrons. The fourth-order valence-electron chi connectivity index (χ4n) is 8.77. The first-order chi connectivity index (χ1) is 23.5. The van der Waals surface area contributed by atoms with Crippen LogP contribution in [0.5, 0.6) is 0 Å². The summed E-state index contributed by atoms with van der Waals surface area (Å²) < 4.78 is 7.27. The zero-order chi connectivity index (χ0) is 39.9. The Labute approximate surface area is 324 Å². The van der Waals surface area contributed by atoms with E-state index in [4.69, 9.17) is 4.43 Å². The molecule has 0 spiro atoms. The van der Waals surface area contributed by atoms with Crippen molar-refractivity contribution in [3.8, 4) is 11.5 Å². The maximum atomic E-state index is 7.27. The summed E-state index contributed by atoms with van der Waals surface area (Å²) in [4.78, 5) is 0. The van der Waals surface area contributed by atoms with Gasteiger partial charge in [0.25, 0.3) is 0 Å². The molecule has 0 aromatic heterocycles. The minimum absolute atomic E-state index is 0.172. The highest BCUT2D eigenvalue weighted by Crippen LogP contribution is 2.45. The minimum atomic E-state index is -2.38. The Morgan fingerprint density at radius 3 is 1.29 bits per heavy atom. The van der Waals surface area contributed by atoms with Crippen LogP contribution in [0.4, 0.5) is 0 Å². The van der Waals surface area contributed by atoms with Crippen LogP contribution in [0.3, 0.4) is 0 Å². The van der Waals surface area contributed by atoms with Crippen molar-refractivity contribution in [2.24, 2.45) is 5.41 Å². The number of hydrogen-bond donors (Lipinski definition) is 0. The molecule has 0 N–H and O–H groups in total. The summed E-state index contributed by atoms with van der Waals surface area (Å²) in [5.74, 6) is 5.10. The van der Waals surface area contributed by atoms with Gasteiger partial charge < -0.3 is 4.43 Å². The fraction of sp³-hybridized carbons (Fsp3) is 0.489. The van der Waals surface area contributed by atoms with Crippen LogP contribution < -0.4 is 0 Å². The van der Waals surface area contributed by atoms with Gasteiger partial charge in [-0.05, 0) is 132 Å². The first-order valence-corrected chi connectivity index (χ1v) is 33.9. The van der Waals surface area contributed by atoms with E-state index in [9.17, 15) is 0 Å². The van der Waals surface area contributed by atoms with Crippen LogP contribution in [0.15, 0.2) is 47.9 Å². The number of rotatable bonds is 9. The average molecular weight is 765 g/mol. The molecule has 0 saturated heterocycles. The van der Waals surface area contributed by atoms with Crippen molar-refractivity contribution in [3.63, 3.8) is 0 Å². The van der Waals surface area contributed by atoms with Gasteiger partial charge in [-0.3, -0.25) is 0 Å². The molecule has 0 amide bonds. The largest absolute Gasteiger partial charge is 0.547 e. The summed E-state index contributed by atoms with van der Waals surface area (Å²) in [5, 5.41) is 0. The Balaban J connectivity index is 2.70. The van der Waals surface area contributed by atoms with Gasteiger partial charge in [-0.2, -0.15) is 0 Å². The van der Waals surface area contributed by atoms with Crippen LogP contribution in [0.25, 0.3) is 11.1 Å². The lowest BCUT2D eigenvalue weighted by Crippen LogP contribution is -2.70. The molecule has 1 nitrogen and oxygen atoms in total. The summed E-state index contributed by atoms with van der Waals surface area (Å²) >= 11 is 0. The van der Waals surface area contributed by atoms with Crippen LogP contribution >= 0.6 is 0 Å². The van der Waals surface area contributed by atoms with Crippen molar-refractivity contribution in [2.75, 3.05) is 0 Å². The molecule has 5 heteroatoms. The van der Waals surface area contributed by atoms with Crippen molar-refractivity contribution in [1.29, 1.82) is 0 Å². The van der Waals surface area contributed by atoms with Crippen molar-refractivity contribution in [3.05, 3.63) is 115 Å². The van der Waals surface area contributed by atoms with E-state index in [0.717, 1.165) is 12.2 Å². The smallest absolute Gasteiger partial charge is 0.241 e. The lowest BCUT2D eigenvalue weighted by molar-refractivity contribution is 0.291. The first-order valence-electron chi connectivity index (χ1n) is 19.4.